The maximum absolute atomic E-state index is 14.8. The lowest BCUT2D eigenvalue weighted by molar-refractivity contribution is -0.145. The van der Waals surface area contributed by atoms with Gasteiger partial charge >= 0.3 is 6.03 Å². The minimum absolute atomic E-state index is 0.0617. The first-order chi connectivity index (χ1) is 23.4. The summed E-state index contributed by atoms with van der Waals surface area (Å²) in [5.74, 6) is -0.139. The maximum atomic E-state index is 14.8. The van der Waals surface area contributed by atoms with Crippen LogP contribution in [0.1, 0.15) is 130 Å². The van der Waals surface area contributed by atoms with E-state index in [4.69, 9.17) is 11.2 Å². The van der Waals surface area contributed by atoms with E-state index < -0.39 is 41.3 Å². The van der Waals surface area contributed by atoms with Crippen molar-refractivity contribution in [3.63, 3.8) is 0 Å². The fraction of sp³-hybridized carbons (Fsp3) is 0.763. The molecule has 0 spiro atoms. The molecule has 4 N–H and O–H groups in total. The number of terminal acetylenes is 1. The molecule has 2 fully saturated rings. The standard InChI is InChI=1S/C38H63N5O6/c1-8-12-21-29(32(44)34(46)39-26-9-2)40-33(45)30(22-25-37(5,6)49-7)43(27-10-3)35(47)31(28-19-15-13-16-20-28)41-36(48)42-38(11-4)23-17-14-18-24-38/h1,9,28-31H,2,10-27H2,3-7H3,(H,39,46)(H,40,45)(H2,41,42,48)/t29?,30?,31-/m0/s1. The van der Waals surface area contributed by atoms with Crippen LogP contribution in [-0.2, 0) is 23.9 Å². The van der Waals surface area contributed by atoms with E-state index in [0.717, 1.165) is 70.6 Å². The predicted molar refractivity (Wildman–Crippen MR) is 192 cm³/mol. The molecular formula is C38H63N5O6. The third-order valence-electron chi connectivity index (χ3n) is 10.4. The smallest absolute Gasteiger partial charge is 0.315 e. The van der Waals surface area contributed by atoms with Gasteiger partial charge in [0.1, 0.15) is 12.1 Å². The Morgan fingerprint density at radius 1 is 1.02 bits per heavy atom. The Kier molecular flexibility index (Phi) is 17.9. The Bertz CT molecular complexity index is 1150. The third kappa shape index (κ3) is 13.1. The van der Waals surface area contributed by atoms with Crippen molar-refractivity contribution in [1.29, 1.82) is 0 Å². The zero-order valence-corrected chi connectivity index (χ0v) is 30.8. The summed E-state index contributed by atoms with van der Waals surface area (Å²) in [5.41, 5.74) is -0.893. The third-order valence-corrected chi connectivity index (χ3v) is 10.4. The lowest BCUT2D eigenvalue weighted by atomic mass is 9.80. The van der Waals surface area contributed by atoms with Gasteiger partial charge in [-0.2, -0.15) is 0 Å². The lowest BCUT2D eigenvalue weighted by Crippen LogP contribution is -2.62. The molecule has 0 aliphatic heterocycles. The molecule has 2 aliphatic rings. The molecule has 49 heavy (non-hydrogen) atoms. The number of nitrogens with one attached hydrogen (secondary N) is 4. The number of Topliss-reactive ketones (excluding diaryl/α,β-unsaturated/α-hetero) is 1. The number of carbonyl (C=O) groups excluding carboxylic acids is 5. The molecule has 0 saturated heterocycles. The summed E-state index contributed by atoms with van der Waals surface area (Å²) in [6.45, 7) is 11.8. The van der Waals surface area contributed by atoms with Gasteiger partial charge in [0.15, 0.2) is 0 Å². The minimum Gasteiger partial charge on any atom is -0.379 e. The summed E-state index contributed by atoms with van der Waals surface area (Å²) in [7, 11) is 1.59. The zero-order chi connectivity index (χ0) is 36.5. The second kappa shape index (κ2) is 21.0. The molecule has 2 unspecified atom stereocenters. The molecule has 0 aromatic heterocycles. The van der Waals surface area contributed by atoms with Crippen molar-refractivity contribution in [3.8, 4) is 12.3 Å². The van der Waals surface area contributed by atoms with Crippen LogP contribution < -0.4 is 21.3 Å². The Morgan fingerprint density at radius 3 is 2.24 bits per heavy atom. The number of rotatable bonds is 20. The van der Waals surface area contributed by atoms with Gasteiger partial charge < -0.3 is 30.9 Å². The number of ether oxygens (including phenoxy) is 1. The fourth-order valence-corrected chi connectivity index (χ4v) is 7.09. The number of amides is 5. The summed E-state index contributed by atoms with van der Waals surface area (Å²) >= 11 is 0. The van der Waals surface area contributed by atoms with Crippen molar-refractivity contribution in [1.82, 2.24) is 26.2 Å². The molecule has 276 valence electrons. The Hall–Kier alpha value is -3.39. The van der Waals surface area contributed by atoms with Crippen LogP contribution in [0.3, 0.4) is 0 Å². The van der Waals surface area contributed by atoms with Gasteiger partial charge in [-0.25, -0.2) is 4.79 Å². The summed E-state index contributed by atoms with van der Waals surface area (Å²) < 4.78 is 5.66. The highest BCUT2D eigenvalue weighted by molar-refractivity contribution is 6.38. The fourth-order valence-electron chi connectivity index (χ4n) is 7.09. The van der Waals surface area contributed by atoms with Gasteiger partial charge in [-0.15, -0.1) is 18.9 Å². The van der Waals surface area contributed by atoms with E-state index in [-0.39, 0.29) is 55.7 Å². The van der Waals surface area contributed by atoms with E-state index in [1.54, 1.807) is 12.0 Å². The number of hydrogen-bond donors (Lipinski definition) is 4. The Labute approximate surface area is 294 Å². The first kappa shape index (κ1) is 41.8. The van der Waals surface area contributed by atoms with Crippen molar-refractivity contribution in [3.05, 3.63) is 12.7 Å². The average Bonchev–Trinajstić information content (AvgIpc) is 3.10. The molecule has 2 saturated carbocycles. The van der Waals surface area contributed by atoms with E-state index in [1.807, 2.05) is 20.8 Å². The second-order valence-electron chi connectivity index (χ2n) is 14.4. The highest BCUT2D eigenvalue weighted by Crippen LogP contribution is 2.32. The van der Waals surface area contributed by atoms with Gasteiger partial charge in [-0.1, -0.05) is 58.4 Å². The number of carbonyl (C=O) groups is 5. The summed E-state index contributed by atoms with van der Waals surface area (Å²) in [6.07, 6.45) is 18.9. The summed E-state index contributed by atoms with van der Waals surface area (Å²) in [5, 5.41) is 11.6. The van der Waals surface area contributed by atoms with Crippen LogP contribution in [0.5, 0.6) is 0 Å². The van der Waals surface area contributed by atoms with Gasteiger partial charge in [-0.05, 0) is 77.6 Å². The molecule has 0 aromatic carbocycles. The molecule has 3 atom stereocenters. The van der Waals surface area contributed by atoms with Gasteiger partial charge in [0.25, 0.3) is 5.91 Å². The van der Waals surface area contributed by atoms with E-state index in [2.05, 4.69) is 40.7 Å². The molecule has 11 heteroatoms. The zero-order valence-electron chi connectivity index (χ0n) is 30.8. The van der Waals surface area contributed by atoms with E-state index >= 15 is 0 Å². The summed E-state index contributed by atoms with van der Waals surface area (Å²) in [6, 6.07) is -3.34. The highest BCUT2D eigenvalue weighted by Gasteiger charge is 2.41. The van der Waals surface area contributed by atoms with Crippen molar-refractivity contribution >= 4 is 29.5 Å². The number of methoxy groups -OCH3 is 1. The SMILES string of the molecule is C#CCCC(NC(=O)C(CCC(C)(C)OC)N(CCC)C(=O)[C@@H](NC(=O)NC1(CC)CCCCC1)C1CCCCC1)C(=O)C(=O)NCC=C. The quantitative estimate of drug-likeness (QED) is 0.0813. The van der Waals surface area contributed by atoms with Crippen LogP contribution >= 0.6 is 0 Å². The highest BCUT2D eigenvalue weighted by atomic mass is 16.5. The van der Waals surface area contributed by atoms with Crippen LogP contribution in [0.15, 0.2) is 12.7 Å². The molecule has 5 amide bonds. The molecule has 2 aliphatic carbocycles. The Morgan fingerprint density at radius 2 is 1.67 bits per heavy atom. The molecule has 0 aromatic rings. The van der Waals surface area contributed by atoms with E-state index in [0.29, 0.717) is 12.8 Å². The predicted octanol–water partition coefficient (Wildman–Crippen LogP) is 4.93. The normalized spacial score (nSPS) is 18.1. The van der Waals surface area contributed by atoms with Crippen molar-refractivity contribution in [2.75, 3.05) is 20.2 Å². The molecule has 11 nitrogen and oxygen atoms in total. The van der Waals surface area contributed by atoms with E-state index in [1.165, 1.54) is 6.08 Å². The first-order valence-corrected chi connectivity index (χ1v) is 18.5. The molecular weight excluding hydrogens is 622 g/mol. The number of hydrogen-bond acceptors (Lipinski definition) is 6. The molecule has 0 heterocycles. The maximum Gasteiger partial charge on any atom is 0.315 e. The Balaban J connectivity index is 2.48. The van der Waals surface area contributed by atoms with Crippen LogP contribution in [0, 0.1) is 18.3 Å². The average molecular weight is 686 g/mol. The number of ketones is 1. The van der Waals surface area contributed by atoms with Gasteiger partial charge in [0.2, 0.25) is 17.6 Å². The van der Waals surface area contributed by atoms with Crippen molar-refractivity contribution < 1.29 is 28.7 Å². The molecule has 0 radical (unpaired) electrons. The first-order valence-electron chi connectivity index (χ1n) is 18.5. The van der Waals surface area contributed by atoms with Gasteiger partial charge in [-0.3, -0.25) is 19.2 Å². The topological polar surface area (TPSA) is 146 Å². The van der Waals surface area contributed by atoms with Crippen molar-refractivity contribution in [2.24, 2.45) is 5.92 Å². The second-order valence-corrected chi connectivity index (χ2v) is 14.4. The van der Waals surface area contributed by atoms with Crippen LogP contribution in [-0.4, -0.2) is 83.9 Å². The number of urea groups is 1. The largest absolute Gasteiger partial charge is 0.379 e. The number of nitrogens with zero attached hydrogens (tertiary/aromatic N) is 1. The van der Waals surface area contributed by atoms with Crippen LogP contribution in [0.4, 0.5) is 4.79 Å². The molecule has 0 bridgehead atoms. The molecule has 2 rings (SSSR count). The van der Waals surface area contributed by atoms with Crippen molar-refractivity contribution in [2.45, 2.75) is 160 Å². The van der Waals surface area contributed by atoms with Gasteiger partial charge in [0, 0.05) is 32.2 Å². The minimum atomic E-state index is -1.18. The lowest BCUT2D eigenvalue weighted by Gasteiger charge is -2.40. The van der Waals surface area contributed by atoms with E-state index in [9.17, 15) is 24.0 Å². The van der Waals surface area contributed by atoms with Gasteiger partial charge in [0.05, 0.1) is 11.6 Å². The monoisotopic (exact) mass is 685 g/mol. The summed E-state index contributed by atoms with van der Waals surface area (Å²) in [4.78, 5) is 70.1. The van der Waals surface area contributed by atoms with Crippen LogP contribution in [0.25, 0.3) is 0 Å². The van der Waals surface area contributed by atoms with Crippen LogP contribution in [0.2, 0.25) is 0 Å².